The van der Waals surface area contributed by atoms with Crippen molar-refractivity contribution in [3.63, 3.8) is 0 Å². The van der Waals surface area contributed by atoms with Crippen LogP contribution in [0.25, 0.3) is 0 Å². The van der Waals surface area contributed by atoms with Crippen LogP contribution in [0.15, 0.2) is 24.3 Å². The average molecular weight is 202 g/mol. The van der Waals surface area contributed by atoms with Gasteiger partial charge in [-0.2, -0.15) is 0 Å². The normalized spacial score (nSPS) is 12.1. The van der Waals surface area contributed by atoms with E-state index < -0.39 is 0 Å². The number of aliphatic hydroxyl groups is 1. The molecule has 0 spiro atoms. The van der Waals surface area contributed by atoms with Gasteiger partial charge in [-0.05, 0) is 30.5 Å². The van der Waals surface area contributed by atoms with Crippen LogP contribution in [0.1, 0.15) is 44.2 Å². The fraction of sp³-hybridized carbons (Fsp3) is 0.429. The zero-order chi connectivity index (χ0) is 11.3. The molecule has 0 bridgehead atoms. The average Bonchev–Trinajstić information content (AvgIpc) is 2.18. The van der Waals surface area contributed by atoms with Crippen molar-refractivity contribution >= 4 is 0 Å². The van der Waals surface area contributed by atoms with Crippen LogP contribution in [-0.2, 0) is 0 Å². The zero-order valence-corrected chi connectivity index (χ0v) is 9.62. The van der Waals surface area contributed by atoms with Crippen molar-refractivity contribution in [1.82, 2.24) is 0 Å². The van der Waals surface area contributed by atoms with Gasteiger partial charge in [0.15, 0.2) is 0 Å². The Bertz CT molecular complexity index is 349. The summed E-state index contributed by atoms with van der Waals surface area (Å²) in [6.45, 7) is 6.10. The second kappa shape index (κ2) is 5.58. The van der Waals surface area contributed by atoms with Gasteiger partial charge in [0.05, 0.1) is 6.10 Å². The molecule has 1 nitrogen and oxygen atoms in total. The summed E-state index contributed by atoms with van der Waals surface area (Å²) in [5.74, 6) is 6.54. The molecular weight excluding hydrogens is 184 g/mol. The minimum atomic E-state index is -0.340. The Kier molecular flexibility index (Phi) is 4.39. The van der Waals surface area contributed by atoms with Gasteiger partial charge in [-0.15, -0.1) is 0 Å². The fourth-order valence-electron chi connectivity index (χ4n) is 1.25. The molecule has 1 aromatic rings. The first kappa shape index (κ1) is 11.8. The Labute approximate surface area is 92.1 Å². The van der Waals surface area contributed by atoms with Crippen LogP contribution >= 0.6 is 0 Å². The molecule has 0 heterocycles. The van der Waals surface area contributed by atoms with E-state index in [1.165, 1.54) is 5.56 Å². The molecule has 1 aromatic carbocycles. The first-order valence-corrected chi connectivity index (χ1v) is 5.36. The summed E-state index contributed by atoms with van der Waals surface area (Å²) < 4.78 is 0. The predicted octanol–water partition coefficient (Wildman–Crippen LogP) is 2.93. The van der Waals surface area contributed by atoms with Gasteiger partial charge in [0.25, 0.3) is 0 Å². The van der Waals surface area contributed by atoms with Gasteiger partial charge in [0.1, 0.15) is 0 Å². The van der Waals surface area contributed by atoms with E-state index in [-0.39, 0.29) is 6.10 Å². The monoisotopic (exact) mass is 202 g/mol. The van der Waals surface area contributed by atoms with Gasteiger partial charge < -0.3 is 5.11 Å². The maximum Gasteiger partial charge on any atom is 0.0621 e. The van der Waals surface area contributed by atoms with Gasteiger partial charge in [0, 0.05) is 12.0 Å². The SMILES string of the molecule is CC(O)CC#Cc1ccc(C(C)C)cc1. The topological polar surface area (TPSA) is 20.2 Å². The molecule has 0 saturated heterocycles. The highest BCUT2D eigenvalue weighted by atomic mass is 16.3. The van der Waals surface area contributed by atoms with E-state index in [0.717, 1.165) is 5.56 Å². The molecule has 0 radical (unpaired) electrons. The molecule has 80 valence electrons. The molecule has 15 heavy (non-hydrogen) atoms. The number of benzene rings is 1. The molecule has 0 saturated carbocycles. The van der Waals surface area contributed by atoms with Gasteiger partial charge in [-0.25, -0.2) is 0 Å². The quantitative estimate of drug-likeness (QED) is 0.731. The highest BCUT2D eigenvalue weighted by Crippen LogP contribution is 2.14. The second-order valence-electron chi connectivity index (χ2n) is 4.13. The minimum absolute atomic E-state index is 0.340. The summed E-state index contributed by atoms with van der Waals surface area (Å²) >= 11 is 0. The van der Waals surface area contributed by atoms with E-state index in [9.17, 15) is 0 Å². The number of hydrogen-bond donors (Lipinski definition) is 1. The van der Waals surface area contributed by atoms with E-state index in [0.29, 0.717) is 12.3 Å². The van der Waals surface area contributed by atoms with Crippen molar-refractivity contribution in [2.24, 2.45) is 0 Å². The standard InChI is InChI=1S/C14H18O/c1-11(2)14-9-7-13(8-10-14)6-4-5-12(3)15/h7-12,15H,5H2,1-3H3. The van der Waals surface area contributed by atoms with E-state index >= 15 is 0 Å². The lowest BCUT2D eigenvalue weighted by molar-refractivity contribution is 0.201. The van der Waals surface area contributed by atoms with Crippen LogP contribution < -0.4 is 0 Å². The Morgan fingerprint density at radius 3 is 2.20 bits per heavy atom. The molecule has 0 amide bonds. The third kappa shape index (κ3) is 4.18. The minimum Gasteiger partial charge on any atom is -0.392 e. The van der Waals surface area contributed by atoms with Crippen LogP contribution in [0.4, 0.5) is 0 Å². The van der Waals surface area contributed by atoms with E-state index in [2.05, 4.69) is 37.8 Å². The molecule has 1 heteroatoms. The summed E-state index contributed by atoms with van der Waals surface area (Å²) in [4.78, 5) is 0. The van der Waals surface area contributed by atoms with Crippen molar-refractivity contribution in [1.29, 1.82) is 0 Å². The zero-order valence-electron chi connectivity index (χ0n) is 9.62. The summed E-state index contributed by atoms with van der Waals surface area (Å²) in [7, 11) is 0. The van der Waals surface area contributed by atoms with Gasteiger partial charge in [-0.3, -0.25) is 0 Å². The summed E-state index contributed by atoms with van der Waals surface area (Å²) in [6.07, 6.45) is 0.193. The summed E-state index contributed by atoms with van der Waals surface area (Å²) in [5, 5.41) is 9.04. The van der Waals surface area contributed by atoms with Crippen LogP contribution in [0.2, 0.25) is 0 Å². The number of rotatable bonds is 2. The van der Waals surface area contributed by atoms with Crippen LogP contribution in [0.5, 0.6) is 0 Å². The number of hydrogen-bond acceptors (Lipinski definition) is 1. The third-order valence-electron chi connectivity index (χ3n) is 2.21. The van der Waals surface area contributed by atoms with E-state index in [1.807, 2.05) is 12.1 Å². The molecule has 1 rings (SSSR count). The van der Waals surface area contributed by atoms with Crippen molar-refractivity contribution < 1.29 is 5.11 Å². The third-order valence-corrected chi connectivity index (χ3v) is 2.21. The van der Waals surface area contributed by atoms with Gasteiger partial charge in [0.2, 0.25) is 0 Å². The Morgan fingerprint density at radius 2 is 1.73 bits per heavy atom. The van der Waals surface area contributed by atoms with Crippen LogP contribution in [0, 0.1) is 11.8 Å². The second-order valence-corrected chi connectivity index (χ2v) is 4.13. The Hall–Kier alpha value is -1.26. The first-order chi connectivity index (χ1) is 7.09. The van der Waals surface area contributed by atoms with Crippen LogP contribution in [-0.4, -0.2) is 11.2 Å². The first-order valence-electron chi connectivity index (χ1n) is 5.36. The molecular formula is C14H18O. The summed E-state index contributed by atoms with van der Waals surface area (Å²) in [6, 6.07) is 8.28. The molecule has 0 aliphatic carbocycles. The summed E-state index contributed by atoms with van der Waals surface area (Å²) in [5.41, 5.74) is 2.34. The number of aliphatic hydroxyl groups excluding tert-OH is 1. The van der Waals surface area contributed by atoms with E-state index in [1.54, 1.807) is 6.92 Å². The van der Waals surface area contributed by atoms with Crippen molar-refractivity contribution in [2.75, 3.05) is 0 Å². The van der Waals surface area contributed by atoms with Gasteiger partial charge >= 0.3 is 0 Å². The molecule has 0 aliphatic rings. The highest BCUT2D eigenvalue weighted by Gasteiger charge is 1.97. The lowest BCUT2D eigenvalue weighted by Crippen LogP contribution is -1.95. The lowest BCUT2D eigenvalue weighted by Gasteiger charge is -2.03. The van der Waals surface area contributed by atoms with E-state index in [4.69, 9.17) is 5.11 Å². The van der Waals surface area contributed by atoms with Gasteiger partial charge in [-0.1, -0.05) is 37.8 Å². The molecule has 0 aliphatic heterocycles. The lowest BCUT2D eigenvalue weighted by atomic mass is 10.0. The fourth-order valence-corrected chi connectivity index (χ4v) is 1.25. The maximum atomic E-state index is 9.04. The van der Waals surface area contributed by atoms with Crippen LogP contribution in [0.3, 0.4) is 0 Å². The van der Waals surface area contributed by atoms with Crippen molar-refractivity contribution in [3.8, 4) is 11.8 Å². The highest BCUT2D eigenvalue weighted by molar-refractivity contribution is 5.36. The van der Waals surface area contributed by atoms with Crippen molar-refractivity contribution in [2.45, 2.75) is 39.2 Å². The Morgan fingerprint density at radius 1 is 1.13 bits per heavy atom. The largest absolute Gasteiger partial charge is 0.392 e. The molecule has 1 N–H and O–H groups in total. The molecule has 0 fully saturated rings. The smallest absolute Gasteiger partial charge is 0.0621 e. The molecule has 0 aromatic heterocycles. The molecule has 1 unspecified atom stereocenters. The van der Waals surface area contributed by atoms with Crippen molar-refractivity contribution in [3.05, 3.63) is 35.4 Å². The Balaban J connectivity index is 2.67. The maximum absolute atomic E-state index is 9.04. The predicted molar refractivity (Wildman–Crippen MR) is 63.7 cm³/mol. The molecule has 1 atom stereocenters.